The molecule has 1 amide bonds. The number of anilines is 1. The summed E-state index contributed by atoms with van der Waals surface area (Å²) >= 11 is 12.2. The predicted octanol–water partition coefficient (Wildman–Crippen LogP) is 5.57. The lowest BCUT2D eigenvalue weighted by molar-refractivity contribution is -0.384. The molecule has 0 unspecified atom stereocenters. The third kappa shape index (κ3) is 5.51. The number of carbonyl (C=O) groups excluding carboxylic acids is 1. The van der Waals surface area contributed by atoms with E-state index in [-0.39, 0.29) is 28.8 Å². The molecule has 0 bridgehead atoms. The molecular weight excluding hydrogens is 471 g/mol. The molecule has 0 saturated heterocycles. The highest BCUT2D eigenvalue weighted by atomic mass is 35.5. The van der Waals surface area contributed by atoms with Crippen LogP contribution in [0.5, 0.6) is 5.75 Å². The Kier molecular flexibility index (Phi) is 6.62. The highest BCUT2D eigenvalue weighted by Crippen LogP contribution is 2.29. The number of furan rings is 1. The summed E-state index contributed by atoms with van der Waals surface area (Å²) in [6.07, 6.45) is 3.20. The van der Waals surface area contributed by atoms with E-state index in [4.69, 9.17) is 32.4 Å². The molecule has 33 heavy (non-hydrogen) atoms. The number of hydrogen-bond donors (Lipinski definition) is 1. The van der Waals surface area contributed by atoms with Crippen LogP contribution < -0.4 is 10.1 Å². The molecule has 2 heterocycles. The maximum Gasteiger partial charge on any atom is 0.291 e. The number of benzene rings is 2. The van der Waals surface area contributed by atoms with Crippen LogP contribution in [0.2, 0.25) is 10.0 Å². The molecule has 4 aromatic rings. The number of non-ortho nitro benzene ring substituents is 1. The van der Waals surface area contributed by atoms with Crippen molar-refractivity contribution in [2.75, 3.05) is 5.32 Å². The quantitative estimate of drug-likeness (QED) is 0.257. The van der Waals surface area contributed by atoms with E-state index >= 15 is 0 Å². The molecule has 0 aliphatic heterocycles. The van der Waals surface area contributed by atoms with Gasteiger partial charge in [0.2, 0.25) is 0 Å². The number of nitrogens with zero attached hydrogens (tertiary/aromatic N) is 3. The Morgan fingerprint density at radius 2 is 1.97 bits per heavy atom. The van der Waals surface area contributed by atoms with Crippen LogP contribution in [0, 0.1) is 10.1 Å². The molecule has 0 aliphatic carbocycles. The maximum absolute atomic E-state index is 12.5. The van der Waals surface area contributed by atoms with Gasteiger partial charge in [-0.05, 0) is 29.8 Å². The molecule has 2 aromatic heterocycles. The Balaban J connectivity index is 1.36. The topological polar surface area (TPSA) is 112 Å². The normalized spacial score (nSPS) is 10.7. The molecule has 0 saturated carbocycles. The van der Waals surface area contributed by atoms with Gasteiger partial charge in [-0.25, -0.2) is 0 Å². The number of amides is 1. The number of halogens is 2. The number of carbonyl (C=O) groups is 1. The number of rotatable bonds is 8. The molecule has 9 nitrogen and oxygen atoms in total. The van der Waals surface area contributed by atoms with Crippen LogP contribution in [0.15, 0.2) is 71.4 Å². The first-order chi connectivity index (χ1) is 15.9. The molecule has 11 heteroatoms. The third-order valence-corrected chi connectivity index (χ3v) is 5.24. The maximum atomic E-state index is 12.5. The van der Waals surface area contributed by atoms with Crippen molar-refractivity contribution in [3.8, 4) is 5.75 Å². The Bertz CT molecular complexity index is 1320. The van der Waals surface area contributed by atoms with Gasteiger partial charge in [-0.2, -0.15) is 5.10 Å². The standard InChI is InChI=1S/C22H16Cl2N4O5/c23-18-4-2-1-3-14(18)11-27-12-15(10-25-27)26-22(29)20-8-6-17(33-20)13-32-21-9-16(28(30)31)5-7-19(21)24/h1-10,12H,11,13H2,(H,26,29). The van der Waals surface area contributed by atoms with E-state index in [1.807, 2.05) is 18.2 Å². The smallest absolute Gasteiger partial charge is 0.291 e. The van der Waals surface area contributed by atoms with Crippen molar-refractivity contribution < 1.29 is 18.9 Å². The Hall–Kier alpha value is -3.82. The third-order valence-electron chi connectivity index (χ3n) is 4.56. The number of ether oxygens (including phenoxy) is 1. The van der Waals surface area contributed by atoms with Gasteiger partial charge in [0.1, 0.15) is 18.1 Å². The van der Waals surface area contributed by atoms with E-state index in [9.17, 15) is 14.9 Å². The monoisotopic (exact) mass is 486 g/mol. The van der Waals surface area contributed by atoms with E-state index < -0.39 is 10.8 Å². The van der Waals surface area contributed by atoms with Gasteiger partial charge in [0.15, 0.2) is 5.76 Å². The van der Waals surface area contributed by atoms with Crippen LogP contribution in [0.3, 0.4) is 0 Å². The van der Waals surface area contributed by atoms with E-state index in [2.05, 4.69) is 10.4 Å². The first-order valence-electron chi connectivity index (χ1n) is 9.62. The second kappa shape index (κ2) is 9.76. The molecule has 2 aromatic carbocycles. The number of nitrogens with one attached hydrogen (secondary N) is 1. The summed E-state index contributed by atoms with van der Waals surface area (Å²) in [7, 11) is 0. The Labute approximate surface area is 197 Å². The highest BCUT2D eigenvalue weighted by molar-refractivity contribution is 6.32. The summed E-state index contributed by atoms with van der Waals surface area (Å²) in [5, 5.41) is 18.7. The van der Waals surface area contributed by atoms with Gasteiger partial charge >= 0.3 is 0 Å². The molecule has 168 valence electrons. The summed E-state index contributed by atoms with van der Waals surface area (Å²) in [4.78, 5) is 22.9. The van der Waals surface area contributed by atoms with Crippen LogP contribution in [0.4, 0.5) is 11.4 Å². The molecule has 1 N–H and O–H groups in total. The lowest BCUT2D eigenvalue weighted by Crippen LogP contribution is -2.10. The summed E-state index contributed by atoms with van der Waals surface area (Å²) in [5.41, 5.74) is 1.24. The SMILES string of the molecule is O=C(Nc1cnn(Cc2ccccc2Cl)c1)c1ccc(COc2cc([N+](=O)[O-])ccc2Cl)o1. The van der Waals surface area contributed by atoms with Gasteiger partial charge in [0.25, 0.3) is 11.6 Å². The summed E-state index contributed by atoms with van der Waals surface area (Å²) in [6, 6.07) is 14.4. The average molecular weight is 487 g/mol. The lowest BCUT2D eigenvalue weighted by Gasteiger charge is -2.06. The van der Waals surface area contributed by atoms with Gasteiger partial charge in [0, 0.05) is 17.3 Å². The first-order valence-corrected chi connectivity index (χ1v) is 10.4. The van der Waals surface area contributed by atoms with Crippen LogP contribution in [0.1, 0.15) is 21.9 Å². The van der Waals surface area contributed by atoms with Crippen LogP contribution in [-0.2, 0) is 13.2 Å². The van der Waals surface area contributed by atoms with Gasteiger partial charge in [0.05, 0.1) is 34.4 Å². The number of nitro groups is 1. The van der Waals surface area contributed by atoms with Crippen molar-refractivity contribution in [3.63, 3.8) is 0 Å². The number of aromatic nitrogens is 2. The van der Waals surface area contributed by atoms with Gasteiger partial charge in [-0.1, -0.05) is 41.4 Å². The first kappa shape index (κ1) is 22.4. The minimum atomic E-state index is -0.547. The molecule has 4 rings (SSSR count). The minimum absolute atomic E-state index is 0.0655. The zero-order chi connectivity index (χ0) is 23.4. The van der Waals surface area contributed by atoms with Crippen molar-refractivity contribution in [2.24, 2.45) is 0 Å². The van der Waals surface area contributed by atoms with Crippen LogP contribution in [-0.4, -0.2) is 20.6 Å². The summed E-state index contributed by atoms with van der Waals surface area (Å²) in [6.45, 7) is 0.391. The summed E-state index contributed by atoms with van der Waals surface area (Å²) < 4.78 is 12.7. The van der Waals surface area contributed by atoms with Crippen molar-refractivity contribution in [1.82, 2.24) is 9.78 Å². The fourth-order valence-corrected chi connectivity index (χ4v) is 3.32. The second-order valence-corrected chi connectivity index (χ2v) is 7.71. The van der Waals surface area contributed by atoms with Gasteiger partial charge < -0.3 is 14.5 Å². The van der Waals surface area contributed by atoms with E-state index in [1.165, 1.54) is 30.5 Å². The van der Waals surface area contributed by atoms with Gasteiger partial charge in [-0.15, -0.1) is 0 Å². The lowest BCUT2D eigenvalue weighted by atomic mass is 10.2. The van der Waals surface area contributed by atoms with Gasteiger partial charge in [-0.3, -0.25) is 19.6 Å². The van der Waals surface area contributed by atoms with Crippen molar-refractivity contribution in [1.29, 1.82) is 0 Å². The van der Waals surface area contributed by atoms with Crippen molar-refractivity contribution >= 4 is 40.5 Å². The second-order valence-electron chi connectivity index (χ2n) is 6.90. The number of nitro benzene ring substituents is 1. The van der Waals surface area contributed by atoms with Crippen LogP contribution in [0.25, 0.3) is 0 Å². The molecule has 0 radical (unpaired) electrons. The highest BCUT2D eigenvalue weighted by Gasteiger charge is 2.15. The Morgan fingerprint density at radius 3 is 2.76 bits per heavy atom. The van der Waals surface area contributed by atoms with Crippen molar-refractivity contribution in [2.45, 2.75) is 13.2 Å². The largest absolute Gasteiger partial charge is 0.484 e. The predicted molar refractivity (Wildman–Crippen MR) is 122 cm³/mol. The zero-order valence-electron chi connectivity index (χ0n) is 16.9. The zero-order valence-corrected chi connectivity index (χ0v) is 18.4. The molecule has 0 spiro atoms. The molecular formula is C22H16Cl2N4O5. The molecule has 0 atom stereocenters. The minimum Gasteiger partial charge on any atom is -0.484 e. The molecule has 0 fully saturated rings. The van der Waals surface area contributed by atoms with E-state index in [1.54, 1.807) is 23.0 Å². The fourth-order valence-electron chi connectivity index (χ4n) is 2.95. The van der Waals surface area contributed by atoms with E-state index in [0.29, 0.717) is 23.0 Å². The summed E-state index contributed by atoms with van der Waals surface area (Å²) in [5.74, 6) is 0.0841. The Morgan fingerprint density at radius 1 is 1.15 bits per heavy atom. The molecule has 0 aliphatic rings. The fraction of sp³-hybridized carbons (Fsp3) is 0.0909. The average Bonchev–Trinajstić information content (AvgIpc) is 3.44. The van der Waals surface area contributed by atoms with E-state index in [0.717, 1.165) is 5.56 Å². The van der Waals surface area contributed by atoms with Crippen molar-refractivity contribution in [3.05, 3.63) is 104 Å². The van der Waals surface area contributed by atoms with Crippen LogP contribution >= 0.6 is 23.2 Å². The number of hydrogen-bond acceptors (Lipinski definition) is 6.